The van der Waals surface area contributed by atoms with Gasteiger partial charge in [0.25, 0.3) is 0 Å². The summed E-state index contributed by atoms with van der Waals surface area (Å²) in [6.45, 7) is 11.1. The summed E-state index contributed by atoms with van der Waals surface area (Å²) in [6.07, 6.45) is 1.11. The summed E-state index contributed by atoms with van der Waals surface area (Å²) in [5.74, 6) is 1.39. The second-order valence-corrected chi connectivity index (χ2v) is 6.13. The summed E-state index contributed by atoms with van der Waals surface area (Å²) in [5, 5.41) is 3.33. The van der Waals surface area contributed by atoms with E-state index in [2.05, 4.69) is 22.1 Å². The molecule has 1 saturated heterocycles. The van der Waals surface area contributed by atoms with Crippen LogP contribution in [0.4, 0.5) is 4.39 Å². The minimum absolute atomic E-state index is 0.292. The van der Waals surface area contributed by atoms with Crippen LogP contribution in [-0.4, -0.2) is 50.3 Å². The minimum atomic E-state index is -0.336. The topological polar surface area (TPSA) is 46.1 Å². The van der Waals surface area contributed by atoms with Crippen LogP contribution in [0.3, 0.4) is 0 Å². The van der Waals surface area contributed by atoms with Crippen LogP contribution in [0, 0.1) is 11.7 Å². The van der Waals surface area contributed by atoms with E-state index in [4.69, 9.17) is 9.47 Å². The van der Waals surface area contributed by atoms with Gasteiger partial charge in [-0.1, -0.05) is 6.07 Å². The molecule has 2 rings (SSSR count). The van der Waals surface area contributed by atoms with Crippen LogP contribution in [0.2, 0.25) is 0 Å². The van der Waals surface area contributed by atoms with Crippen LogP contribution >= 0.6 is 0 Å². The third-order valence-corrected chi connectivity index (χ3v) is 4.19. The van der Waals surface area contributed by atoms with E-state index < -0.39 is 0 Å². The van der Waals surface area contributed by atoms with E-state index in [1.54, 1.807) is 6.07 Å². The highest BCUT2D eigenvalue weighted by molar-refractivity contribution is 5.80. The van der Waals surface area contributed by atoms with Gasteiger partial charge in [-0.25, -0.2) is 9.38 Å². The number of nitrogens with zero attached hydrogens (tertiary/aromatic N) is 2. The van der Waals surface area contributed by atoms with E-state index in [0.29, 0.717) is 24.8 Å². The quantitative estimate of drug-likeness (QED) is 0.578. The molecule has 1 aromatic rings. The Morgan fingerprint density at radius 1 is 1.32 bits per heavy atom. The summed E-state index contributed by atoms with van der Waals surface area (Å²) in [4.78, 5) is 6.94. The maximum absolute atomic E-state index is 14.0. The van der Waals surface area contributed by atoms with Crippen LogP contribution < -0.4 is 10.1 Å². The Labute approximate surface area is 150 Å². The van der Waals surface area contributed by atoms with Crippen molar-refractivity contribution in [1.29, 1.82) is 0 Å². The minimum Gasteiger partial charge on any atom is -0.491 e. The van der Waals surface area contributed by atoms with Crippen molar-refractivity contribution in [3.63, 3.8) is 0 Å². The molecule has 1 fully saturated rings. The molecule has 0 spiro atoms. The van der Waals surface area contributed by atoms with E-state index in [1.807, 2.05) is 19.9 Å². The van der Waals surface area contributed by atoms with Gasteiger partial charge in [0.1, 0.15) is 0 Å². The Morgan fingerprint density at radius 3 is 2.84 bits per heavy atom. The number of nitrogens with one attached hydrogen (secondary N) is 1. The van der Waals surface area contributed by atoms with Crippen molar-refractivity contribution >= 4 is 5.96 Å². The molecule has 1 aromatic carbocycles. The van der Waals surface area contributed by atoms with Gasteiger partial charge in [-0.15, -0.1) is 0 Å². The fourth-order valence-electron chi connectivity index (χ4n) is 2.95. The van der Waals surface area contributed by atoms with Crippen molar-refractivity contribution in [2.45, 2.75) is 33.7 Å². The zero-order valence-corrected chi connectivity index (χ0v) is 15.6. The summed E-state index contributed by atoms with van der Waals surface area (Å²) in [7, 11) is 0. The molecule has 1 aliphatic heterocycles. The summed E-state index contributed by atoms with van der Waals surface area (Å²) in [6, 6.07) is 5.04. The van der Waals surface area contributed by atoms with Crippen LogP contribution in [-0.2, 0) is 11.3 Å². The van der Waals surface area contributed by atoms with Crippen LogP contribution in [0.25, 0.3) is 0 Å². The van der Waals surface area contributed by atoms with Crippen molar-refractivity contribution in [3.8, 4) is 5.75 Å². The molecule has 140 valence electrons. The van der Waals surface area contributed by atoms with Gasteiger partial charge < -0.3 is 19.7 Å². The monoisotopic (exact) mass is 351 g/mol. The average Bonchev–Trinajstić information content (AvgIpc) is 3.08. The molecule has 0 saturated carbocycles. The first-order valence-corrected chi connectivity index (χ1v) is 9.20. The number of rotatable bonds is 8. The highest BCUT2D eigenvalue weighted by Gasteiger charge is 2.24. The Balaban J connectivity index is 1.99. The first-order chi connectivity index (χ1) is 12.2. The fourth-order valence-corrected chi connectivity index (χ4v) is 2.95. The zero-order valence-electron chi connectivity index (χ0n) is 15.6. The maximum Gasteiger partial charge on any atom is 0.194 e. The van der Waals surface area contributed by atoms with E-state index >= 15 is 0 Å². The Hall–Kier alpha value is -1.82. The molecule has 0 bridgehead atoms. The molecule has 1 atom stereocenters. The SMILES string of the molecule is CCNC(=NCc1ccc(OCC)c(F)c1)N1CCC(COCC)C1. The highest BCUT2D eigenvalue weighted by Crippen LogP contribution is 2.20. The fraction of sp³-hybridized carbons (Fsp3) is 0.632. The molecule has 0 amide bonds. The van der Waals surface area contributed by atoms with Gasteiger partial charge >= 0.3 is 0 Å². The molecule has 0 aliphatic carbocycles. The number of likely N-dealkylation sites (tertiary alicyclic amines) is 1. The van der Waals surface area contributed by atoms with Gasteiger partial charge in [-0.05, 0) is 44.9 Å². The second-order valence-electron chi connectivity index (χ2n) is 6.13. The third-order valence-electron chi connectivity index (χ3n) is 4.19. The first kappa shape index (κ1) is 19.5. The Bertz CT molecular complexity index is 566. The molecule has 1 N–H and O–H groups in total. The first-order valence-electron chi connectivity index (χ1n) is 9.20. The van der Waals surface area contributed by atoms with E-state index in [0.717, 1.165) is 50.8 Å². The lowest BCUT2D eigenvalue weighted by Gasteiger charge is -2.21. The Kier molecular flexibility index (Phi) is 7.98. The average molecular weight is 351 g/mol. The van der Waals surface area contributed by atoms with Crippen molar-refractivity contribution in [2.75, 3.05) is 39.5 Å². The number of ether oxygens (including phenoxy) is 2. The summed E-state index contributed by atoms with van der Waals surface area (Å²) < 4.78 is 24.7. The lowest BCUT2D eigenvalue weighted by atomic mass is 10.1. The number of aliphatic imine (C=N–C) groups is 1. The van der Waals surface area contributed by atoms with Gasteiger partial charge in [-0.3, -0.25) is 0 Å². The largest absolute Gasteiger partial charge is 0.491 e. The molecular formula is C19H30FN3O2. The van der Waals surface area contributed by atoms with E-state index in [1.165, 1.54) is 6.07 Å². The van der Waals surface area contributed by atoms with Crippen LogP contribution in [0.1, 0.15) is 32.8 Å². The number of hydrogen-bond donors (Lipinski definition) is 1. The van der Waals surface area contributed by atoms with Crippen molar-refractivity contribution < 1.29 is 13.9 Å². The molecule has 1 heterocycles. The van der Waals surface area contributed by atoms with Crippen molar-refractivity contribution in [2.24, 2.45) is 10.9 Å². The van der Waals surface area contributed by atoms with E-state index in [9.17, 15) is 4.39 Å². The lowest BCUT2D eigenvalue weighted by Crippen LogP contribution is -2.40. The van der Waals surface area contributed by atoms with E-state index in [-0.39, 0.29) is 5.82 Å². The van der Waals surface area contributed by atoms with Crippen LogP contribution in [0.15, 0.2) is 23.2 Å². The van der Waals surface area contributed by atoms with Crippen molar-refractivity contribution in [3.05, 3.63) is 29.6 Å². The Morgan fingerprint density at radius 2 is 2.16 bits per heavy atom. The maximum atomic E-state index is 14.0. The molecule has 1 aliphatic rings. The molecule has 6 heteroatoms. The van der Waals surface area contributed by atoms with Gasteiger partial charge in [0.15, 0.2) is 17.5 Å². The number of guanidine groups is 1. The lowest BCUT2D eigenvalue weighted by molar-refractivity contribution is 0.114. The predicted octanol–water partition coefficient (Wildman–Crippen LogP) is 3.05. The molecular weight excluding hydrogens is 321 g/mol. The number of hydrogen-bond acceptors (Lipinski definition) is 3. The molecule has 0 radical (unpaired) electrons. The highest BCUT2D eigenvalue weighted by atomic mass is 19.1. The van der Waals surface area contributed by atoms with Crippen LogP contribution in [0.5, 0.6) is 5.75 Å². The normalized spacial score (nSPS) is 17.8. The van der Waals surface area contributed by atoms with Gasteiger partial charge in [0.2, 0.25) is 0 Å². The zero-order chi connectivity index (χ0) is 18.1. The smallest absolute Gasteiger partial charge is 0.194 e. The standard InChI is InChI=1S/C19H30FN3O2/c1-4-21-19(23-10-9-16(13-23)14-24-5-2)22-12-15-7-8-18(25-6-3)17(20)11-15/h7-8,11,16H,4-6,9-10,12-14H2,1-3H3,(H,21,22). The van der Waals surface area contributed by atoms with Gasteiger partial charge in [0, 0.05) is 32.2 Å². The van der Waals surface area contributed by atoms with Gasteiger partial charge in [0.05, 0.1) is 19.8 Å². The number of benzene rings is 1. The molecule has 25 heavy (non-hydrogen) atoms. The molecule has 1 unspecified atom stereocenters. The third kappa shape index (κ3) is 5.88. The predicted molar refractivity (Wildman–Crippen MR) is 98.6 cm³/mol. The number of halogens is 1. The summed E-state index contributed by atoms with van der Waals surface area (Å²) in [5.41, 5.74) is 0.835. The second kappa shape index (κ2) is 10.2. The molecule has 0 aromatic heterocycles. The van der Waals surface area contributed by atoms with Gasteiger partial charge in [-0.2, -0.15) is 0 Å². The summed E-state index contributed by atoms with van der Waals surface area (Å²) >= 11 is 0. The molecule has 5 nitrogen and oxygen atoms in total. The van der Waals surface area contributed by atoms with Crippen molar-refractivity contribution in [1.82, 2.24) is 10.2 Å².